The number of amides is 2. The number of anilines is 1. The van der Waals surface area contributed by atoms with Gasteiger partial charge in [0.25, 0.3) is 10.0 Å². The minimum absolute atomic E-state index is 0.0198. The molecule has 8 nitrogen and oxygen atoms in total. The summed E-state index contributed by atoms with van der Waals surface area (Å²) in [5.41, 5.74) is 2.92. The third-order valence-electron chi connectivity index (χ3n) is 7.37. The van der Waals surface area contributed by atoms with E-state index >= 15 is 0 Å². The highest BCUT2D eigenvalue weighted by Crippen LogP contribution is 2.31. The predicted molar refractivity (Wildman–Crippen MR) is 188 cm³/mol. The van der Waals surface area contributed by atoms with E-state index in [1.807, 2.05) is 68.4 Å². The van der Waals surface area contributed by atoms with E-state index in [1.165, 1.54) is 24.1 Å². The highest BCUT2D eigenvalue weighted by atomic mass is 79.9. The first-order valence-electron chi connectivity index (χ1n) is 14.8. The second-order valence-electron chi connectivity index (χ2n) is 10.8. The van der Waals surface area contributed by atoms with Gasteiger partial charge in [-0.25, -0.2) is 8.42 Å². The lowest BCUT2D eigenvalue weighted by Crippen LogP contribution is -2.53. The van der Waals surface area contributed by atoms with Gasteiger partial charge in [-0.05, 0) is 82.9 Å². The second-order valence-corrected chi connectivity index (χ2v) is 14.4. The number of ether oxygens (including phenoxy) is 1. The van der Waals surface area contributed by atoms with Gasteiger partial charge in [0.15, 0.2) is 0 Å². The van der Waals surface area contributed by atoms with Gasteiger partial charge >= 0.3 is 0 Å². The van der Waals surface area contributed by atoms with Gasteiger partial charge in [0, 0.05) is 24.0 Å². The fourth-order valence-corrected chi connectivity index (χ4v) is 7.51. The number of aryl methyl sites for hydroxylation is 1. The fourth-order valence-electron chi connectivity index (χ4n) is 4.93. The molecule has 0 unspecified atom stereocenters. The summed E-state index contributed by atoms with van der Waals surface area (Å²) in [6.07, 6.45) is 0.971. The van der Waals surface area contributed by atoms with Gasteiger partial charge in [0.2, 0.25) is 11.8 Å². The highest BCUT2D eigenvalue weighted by molar-refractivity contribution is 9.10. The number of carbonyl (C=O) groups is 2. The molecular weight excluding hydrogens is 734 g/mol. The lowest BCUT2D eigenvalue weighted by molar-refractivity contribution is -0.140. The Morgan fingerprint density at radius 3 is 2.22 bits per heavy atom. The Balaban J connectivity index is 1.81. The summed E-state index contributed by atoms with van der Waals surface area (Å²) in [4.78, 5) is 29.8. The normalized spacial score (nSPS) is 11.8. The zero-order valence-electron chi connectivity index (χ0n) is 26.0. The maximum Gasteiger partial charge on any atom is 0.264 e. The van der Waals surface area contributed by atoms with Crippen LogP contribution in [-0.2, 0) is 32.6 Å². The topological polar surface area (TPSA) is 96.0 Å². The molecule has 1 atom stereocenters. The fraction of sp³-hybridized carbons (Fsp3) is 0.257. The van der Waals surface area contributed by atoms with E-state index in [9.17, 15) is 18.0 Å². The van der Waals surface area contributed by atoms with E-state index in [2.05, 4.69) is 37.2 Å². The first-order chi connectivity index (χ1) is 22.0. The Kier molecular flexibility index (Phi) is 12.4. The van der Waals surface area contributed by atoms with E-state index in [0.29, 0.717) is 22.5 Å². The van der Waals surface area contributed by atoms with E-state index < -0.39 is 28.5 Å². The largest absolute Gasteiger partial charge is 0.496 e. The van der Waals surface area contributed by atoms with Crippen LogP contribution < -0.4 is 14.4 Å². The van der Waals surface area contributed by atoms with Crippen LogP contribution in [0.3, 0.4) is 0 Å². The molecule has 4 rings (SSSR count). The summed E-state index contributed by atoms with van der Waals surface area (Å²) >= 11 is 6.89. The van der Waals surface area contributed by atoms with Crippen LogP contribution in [0.2, 0.25) is 0 Å². The van der Waals surface area contributed by atoms with Crippen LogP contribution in [-0.4, -0.2) is 51.4 Å². The second kappa shape index (κ2) is 16.2. The van der Waals surface area contributed by atoms with Crippen LogP contribution in [0.15, 0.2) is 111 Å². The average Bonchev–Trinajstić information content (AvgIpc) is 3.05. The van der Waals surface area contributed by atoms with Gasteiger partial charge in [-0.3, -0.25) is 13.9 Å². The van der Waals surface area contributed by atoms with Crippen molar-refractivity contribution in [3.05, 3.63) is 123 Å². The molecule has 46 heavy (non-hydrogen) atoms. The molecule has 0 bridgehead atoms. The average molecular weight is 772 g/mol. The molecule has 11 heteroatoms. The number of halogens is 2. The number of methoxy groups -OCH3 is 1. The molecule has 0 aromatic heterocycles. The number of rotatable bonds is 14. The summed E-state index contributed by atoms with van der Waals surface area (Å²) in [5, 5.41) is 2.96. The van der Waals surface area contributed by atoms with Crippen LogP contribution in [0, 0.1) is 6.92 Å². The number of nitrogens with one attached hydrogen (secondary N) is 1. The Morgan fingerprint density at radius 1 is 0.891 bits per heavy atom. The minimum Gasteiger partial charge on any atom is -0.496 e. The monoisotopic (exact) mass is 769 g/mol. The predicted octanol–water partition coefficient (Wildman–Crippen LogP) is 6.89. The van der Waals surface area contributed by atoms with Gasteiger partial charge in [0.1, 0.15) is 18.3 Å². The van der Waals surface area contributed by atoms with Crippen molar-refractivity contribution in [2.75, 3.05) is 24.5 Å². The first kappa shape index (κ1) is 35.2. The lowest BCUT2D eigenvalue weighted by atomic mass is 10.0. The van der Waals surface area contributed by atoms with Crippen molar-refractivity contribution in [2.24, 2.45) is 0 Å². The highest BCUT2D eigenvalue weighted by Gasteiger charge is 2.34. The SMILES string of the molecule is CCCNC(=O)[C@H](Cc1ccccc1)N(Cc1cccc(Br)c1)C(=O)CN(c1ccc(C)cc1)S(=O)(=O)c1ccc(OC)c(Br)c1. The Hall–Kier alpha value is -3.67. The lowest BCUT2D eigenvalue weighted by Gasteiger charge is -2.34. The van der Waals surface area contributed by atoms with E-state index in [1.54, 1.807) is 30.3 Å². The number of nitrogens with zero attached hydrogens (tertiary/aromatic N) is 2. The summed E-state index contributed by atoms with van der Waals surface area (Å²) in [6.45, 7) is 3.86. The molecule has 4 aromatic carbocycles. The smallest absolute Gasteiger partial charge is 0.264 e. The van der Waals surface area contributed by atoms with Gasteiger partial charge in [0.05, 0.1) is 22.2 Å². The summed E-state index contributed by atoms with van der Waals surface area (Å²) in [6, 6.07) is 27.5. The van der Waals surface area contributed by atoms with Gasteiger partial charge in [-0.2, -0.15) is 0 Å². The van der Waals surface area contributed by atoms with Crippen molar-refractivity contribution in [1.82, 2.24) is 10.2 Å². The summed E-state index contributed by atoms with van der Waals surface area (Å²) in [5.74, 6) is -0.360. The number of benzene rings is 4. The Morgan fingerprint density at radius 2 is 1.59 bits per heavy atom. The van der Waals surface area contributed by atoms with Crippen molar-refractivity contribution >= 4 is 59.4 Å². The van der Waals surface area contributed by atoms with Crippen LogP contribution in [0.25, 0.3) is 0 Å². The van der Waals surface area contributed by atoms with Crippen molar-refractivity contribution < 1.29 is 22.7 Å². The van der Waals surface area contributed by atoms with E-state index in [-0.39, 0.29) is 23.8 Å². The zero-order chi connectivity index (χ0) is 33.3. The van der Waals surface area contributed by atoms with E-state index in [0.717, 1.165) is 31.9 Å². The van der Waals surface area contributed by atoms with Crippen molar-refractivity contribution in [1.29, 1.82) is 0 Å². The Labute approximate surface area is 288 Å². The summed E-state index contributed by atoms with van der Waals surface area (Å²) in [7, 11) is -2.76. The van der Waals surface area contributed by atoms with Crippen LogP contribution >= 0.6 is 31.9 Å². The van der Waals surface area contributed by atoms with Crippen LogP contribution in [0.1, 0.15) is 30.0 Å². The Bertz CT molecular complexity index is 1750. The summed E-state index contributed by atoms with van der Waals surface area (Å²) < 4.78 is 36.2. The molecule has 0 aliphatic rings. The number of carbonyl (C=O) groups excluding carboxylic acids is 2. The molecule has 0 heterocycles. The van der Waals surface area contributed by atoms with Crippen molar-refractivity contribution in [3.8, 4) is 5.75 Å². The zero-order valence-corrected chi connectivity index (χ0v) is 29.9. The molecule has 2 amide bonds. The maximum absolute atomic E-state index is 14.5. The molecule has 0 aliphatic carbocycles. The first-order valence-corrected chi connectivity index (χ1v) is 17.8. The molecule has 1 N–H and O–H groups in total. The van der Waals surface area contributed by atoms with Crippen LogP contribution in [0.4, 0.5) is 5.69 Å². The molecule has 0 saturated carbocycles. The molecule has 4 aromatic rings. The number of hydrogen-bond acceptors (Lipinski definition) is 5. The molecule has 0 saturated heterocycles. The maximum atomic E-state index is 14.5. The third-order valence-corrected chi connectivity index (χ3v) is 10.3. The van der Waals surface area contributed by atoms with Crippen LogP contribution in [0.5, 0.6) is 5.75 Å². The van der Waals surface area contributed by atoms with Gasteiger partial charge < -0.3 is 15.0 Å². The molecular formula is C35H37Br2N3O5S. The molecule has 0 fully saturated rings. The third kappa shape index (κ3) is 8.98. The number of hydrogen-bond donors (Lipinski definition) is 1. The molecule has 0 aliphatic heterocycles. The van der Waals surface area contributed by atoms with Gasteiger partial charge in [-0.15, -0.1) is 0 Å². The minimum atomic E-state index is -4.25. The standard InChI is InChI=1S/C35H37Br2N3O5S/c1-4-19-38-35(42)32(21-26-9-6-5-7-10-26)39(23-27-11-8-12-28(36)20-27)34(41)24-40(29-15-13-25(2)14-16-29)46(43,44)30-17-18-33(45-3)31(37)22-30/h5-18,20,22,32H,4,19,21,23-24H2,1-3H3,(H,38,42)/t32-/m0/s1. The quantitative estimate of drug-likeness (QED) is 0.151. The molecule has 0 radical (unpaired) electrons. The van der Waals surface area contributed by atoms with Crippen molar-refractivity contribution in [3.63, 3.8) is 0 Å². The van der Waals surface area contributed by atoms with Gasteiger partial charge in [-0.1, -0.05) is 83.0 Å². The molecule has 242 valence electrons. The van der Waals surface area contributed by atoms with Crippen molar-refractivity contribution in [2.45, 2.75) is 44.2 Å². The van der Waals surface area contributed by atoms with E-state index in [4.69, 9.17) is 4.74 Å². The molecule has 0 spiro atoms. The number of sulfonamides is 1.